The van der Waals surface area contributed by atoms with Crippen LogP contribution in [0.1, 0.15) is 0 Å². The highest BCUT2D eigenvalue weighted by Gasteiger charge is 2.08. The van der Waals surface area contributed by atoms with Crippen molar-refractivity contribution in [1.29, 1.82) is 0 Å². The molecular weight excluding hydrogens is 354 g/mol. The molecule has 2 aromatic rings. The van der Waals surface area contributed by atoms with Gasteiger partial charge in [-0.2, -0.15) is 0 Å². The SMILES string of the molecule is O=C(Nc1ccc(Br)c(Cl)c1)Nc1ccc(F)cc1F. The van der Waals surface area contributed by atoms with E-state index in [9.17, 15) is 13.6 Å². The molecule has 0 aliphatic heterocycles. The summed E-state index contributed by atoms with van der Waals surface area (Å²) in [6, 6.07) is 7.04. The third-order valence-corrected chi connectivity index (χ3v) is 3.59. The van der Waals surface area contributed by atoms with E-state index in [1.54, 1.807) is 12.1 Å². The summed E-state index contributed by atoms with van der Waals surface area (Å²) in [7, 11) is 0. The van der Waals surface area contributed by atoms with Crippen molar-refractivity contribution in [3.63, 3.8) is 0 Å². The maximum atomic E-state index is 13.4. The first-order valence-corrected chi connectivity index (χ1v) is 6.61. The van der Waals surface area contributed by atoms with Crippen LogP contribution in [-0.4, -0.2) is 6.03 Å². The van der Waals surface area contributed by atoms with Crippen molar-refractivity contribution in [2.45, 2.75) is 0 Å². The van der Waals surface area contributed by atoms with E-state index in [1.165, 1.54) is 6.07 Å². The van der Waals surface area contributed by atoms with Gasteiger partial charge in [0, 0.05) is 16.2 Å². The number of nitrogens with one attached hydrogen (secondary N) is 2. The van der Waals surface area contributed by atoms with Crippen LogP contribution >= 0.6 is 27.5 Å². The van der Waals surface area contributed by atoms with Crippen molar-refractivity contribution in [2.24, 2.45) is 0 Å². The lowest BCUT2D eigenvalue weighted by atomic mass is 10.3. The number of hydrogen-bond donors (Lipinski definition) is 2. The first-order chi connectivity index (χ1) is 9.45. The van der Waals surface area contributed by atoms with E-state index >= 15 is 0 Å². The highest BCUT2D eigenvalue weighted by molar-refractivity contribution is 9.10. The van der Waals surface area contributed by atoms with Crippen LogP contribution in [0.15, 0.2) is 40.9 Å². The Hall–Kier alpha value is -1.66. The molecule has 0 heterocycles. The van der Waals surface area contributed by atoms with E-state index in [-0.39, 0.29) is 5.69 Å². The molecule has 0 atom stereocenters. The third-order valence-electron chi connectivity index (χ3n) is 2.36. The summed E-state index contributed by atoms with van der Waals surface area (Å²) in [5, 5.41) is 5.18. The molecule has 0 fully saturated rings. The summed E-state index contributed by atoms with van der Waals surface area (Å²) in [5.74, 6) is -1.57. The molecule has 0 bridgehead atoms. The van der Waals surface area contributed by atoms with Crippen LogP contribution in [0.5, 0.6) is 0 Å². The standard InChI is InChI=1S/C13H8BrClF2N2O/c14-9-3-2-8(6-10(9)15)18-13(20)19-12-4-1-7(16)5-11(12)17/h1-6H,(H2,18,19,20). The van der Waals surface area contributed by atoms with E-state index in [4.69, 9.17) is 11.6 Å². The topological polar surface area (TPSA) is 41.1 Å². The number of urea groups is 1. The van der Waals surface area contributed by atoms with Crippen LogP contribution in [0.2, 0.25) is 5.02 Å². The second kappa shape index (κ2) is 6.19. The average Bonchev–Trinajstić information content (AvgIpc) is 2.37. The number of anilines is 2. The fraction of sp³-hybridized carbons (Fsp3) is 0. The molecule has 0 unspecified atom stereocenters. The molecule has 0 saturated carbocycles. The zero-order chi connectivity index (χ0) is 14.7. The quantitative estimate of drug-likeness (QED) is 0.774. The van der Waals surface area contributed by atoms with Crippen molar-refractivity contribution in [3.05, 3.63) is 57.5 Å². The molecule has 7 heteroatoms. The lowest BCUT2D eigenvalue weighted by molar-refractivity contribution is 0.262. The highest BCUT2D eigenvalue weighted by Crippen LogP contribution is 2.25. The van der Waals surface area contributed by atoms with Crippen molar-refractivity contribution in [1.82, 2.24) is 0 Å². The smallest absolute Gasteiger partial charge is 0.308 e. The molecule has 3 nitrogen and oxygen atoms in total. The van der Waals surface area contributed by atoms with Gasteiger partial charge in [0.05, 0.1) is 10.7 Å². The summed E-state index contributed by atoms with van der Waals surface area (Å²) in [4.78, 5) is 11.7. The Balaban J connectivity index is 2.07. The van der Waals surface area contributed by atoms with Gasteiger partial charge in [-0.05, 0) is 46.3 Å². The molecule has 0 aliphatic carbocycles. The van der Waals surface area contributed by atoms with Gasteiger partial charge in [0.25, 0.3) is 0 Å². The number of halogens is 4. The van der Waals surface area contributed by atoms with Crippen LogP contribution in [-0.2, 0) is 0 Å². The highest BCUT2D eigenvalue weighted by atomic mass is 79.9. The molecule has 0 spiro atoms. The Kier molecular flexibility index (Phi) is 4.57. The minimum absolute atomic E-state index is 0.118. The van der Waals surface area contributed by atoms with Gasteiger partial charge in [-0.1, -0.05) is 11.6 Å². The molecule has 0 aromatic heterocycles. The predicted octanol–water partition coefficient (Wildman–Crippen LogP) is 5.02. The zero-order valence-electron chi connectivity index (χ0n) is 9.88. The minimum Gasteiger partial charge on any atom is -0.308 e. The van der Waals surface area contributed by atoms with Gasteiger partial charge in [0.15, 0.2) is 0 Å². The molecule has 2 amide bonds. The molecule has 2 aromatic carbocycles. The Bertz CT molecular complexity index is 667. The molecule has 0 aliphatic rings. The van der Waals surface area contributed by atoms with E-state index in [0.29, 0.717) is 21.2 Å². The van der Waals surface area contributed by atoms with Gasteiger partial charge in [0.1, 0.15) is 11.6 Å². The summed E-state index contributed by atoms with van der Waals surface area (Å²) in [5.41, 5.74) is 0.324. The molecule has 0 radical (unpaired) electrons. The Labute approximate surface area is 127 Å². The monoisotopic (exact) mass is 360 g/mol. The molecule has 2 N–H and O–H groups in total. The number of carbonyl (C=O) groups is 1. The zero-order valence-corrected chi connectivity index (χ0v) is 12.2. The van der Waals surface area contributed by atoms with Crippen LogP contribution in [0.25, 0.3) is 0 Å². The second-order valence-corrected chi connectivity index (χ2v) is 5.09. The second-order valence-electron chi connectivity index (χ2n) is 3.83. The number of carbonyl (C=O) groups excluding carboxylic acids is 1. The lowest BCUT2D eigenvalue weighted by Crippen LogP contribution is -2.20. The number of rotatable bonds is 2. The van der Waals surface area contributed by atoms with E-state index < -0.39 is 17.7 Å². The van der Waals surface area contributed by atoms with Crippen LogP contribution in [0.4, 0.5) is 25.0 Å². The van der Waals surface area contributed by atoms with E-state index in [0.717, 1.165) is 12.1 Å². The fourth-order valence-corrected chi connectivity index (χ4v) is 1.88. The molecule has 2 rings (SSSR count). The van der Waals surface area contributed by atoms with Crippen molar-refractivity contribution in [3.8, 4) is 0 Å². The first-order valence-electron chi connectivity index (χ1n) is 5.44. The van der Waals surface area contributed by atoms with E-state index in [2.05, 4.69) is 26.6 Å². The molecular formula is C13H8BrClF2N2O. The van der Waals surface area contributed by atoms with Crippen molar-refractivity contribution >= 4 is 44.9 Å². The van der Waals surface area contributed by atoms with Gasteiger partial charge < -0.3 is 10.6 Å². The van der Waals surface area contributed by atoms with E-state index in [1.807, 2.05) is 0 Å². The average molecular weight is 362 g/mol. The van der Waals surface area contributed by atoms with Crippen LogP contribution < -0.4 is 10.6 Å². The molecule has 20 heavy (non-hydrogen) atoms. The predicted molar refractivity (Wildman–Crippen MR) is 78.2 cm³/mol. The van der Waals surface area contributed by atoms with Gasteiger partial charge >= 0.3 is 6.03 Å². The first kappa shape index (κ1) is 14.7. The number of hydrogen-bond acceptors (Lipinski definition) is 1. The van der Waals surface area contributed by atoms with Crippen LogP contribution in [0, 0.1) is 11.6 Å². The van der Waals surface area contributed by atoms with Crippen LogP contribution in [0.3, 0.4) is 0 Å². The van der Waals surface area contributed by atoms with Crippen molar-refractivity contribution in [2.75, 3.05) is 10.6 Å². The fourth-order valence-electron chi connectivity index (χ4n) is 1.45. The van der Waals surface area contributed by atoms with Crippen molar-refractivity contribution < 1.29 is 13.6 Å². The molecule has 104 valence electrons. The maximum Gasteiger partial charge on any atom is 0.323 e. The summed E-state index contributed by atoms with van der Waals surface area (Å²) < 4.78 is 26.8. The van der Waals surface area contributed by atoms with Gasteiger partial charge in [-0.25, -0.2) is 13.6 Å². The Morgan fingerprint density at radius 2 is 1.85 bits per heavy atom. The minimum atomic E-state index is -0.853. The summed E-state index contributed by atoms with van der Waals surface area (Å²) in [6.07, 6.45) is 0. The number of amides is 2. The number of benzene rings is 2. The Morgan fingerprint density at radius 3 is 2.50 bits per heavy atom. The summed E-state index contributed by atoms with van der Waals surface area (Å²) >= 11 is 9.10. The molecule has 0 saturated heterocycles. The van der Waals surface area contributed by atoms with Gasteiger partial charge in [0.2, 0.25) is 0 Å². The summed E-state index contributed by atoms with van der Waals surface area (Å²) in [6.45, 7) is 0. The normalized spacial score (nSPS) is 10.2. The largest absolute Gasteiger partial charge is 0.323 e. The third kappa shape index (κ3) is 3.68. The van der Waals surface area contributed by atoms with Gasteiger partial charge in [-0.3, -0.25) is 0 Å². The van der Waals surface area contributed by atoms with Gasteiger partial charge in [-0.15, -0.1) is 0 Å². The maximum absolute atomic E-state index is 13.4. The Morgan fingerprint density at radius 1 is 1.10 bits per heavy atom. The lowest BCUT2D eigenvalue weighted by Gasteiger charge is -2.09.